The lowest BCUT2D eigenvalue weighted by Gasteiger charge is -2.03. The first kappa shape index (κ1) is 21.0. The van der Waals surface area contributed by atoms with Gasteiger partial charge < -0.3 is 10.2 Å². The summed E-state index contributed by atoms with van der Waals surface area (Å²) in [5, 5.41) is 27.7. The molecule has 2 aromatic carbocycles. The molecule has 28 heavy (non-hydrogen) atoms. The van der Waals surface area contributed by atoms with E-state index < -0.39 is 26.9 Å². The summed E-state index contributed by atoms with van der Waals surface area (Å²) < 4.78 is 24.6. The molecule has 0 radical (unpaired) electrons. The number of carboxylic acids is 2. The van der Waals surface area contributed by atoms with Crippen molar-refractivity contribution >= 4 is 27.6 Å². The van der Waals surface area contributed by atoms with E-state index in [4.69, 9.17) is 10.2 Å². The molecular formula is C17H16N2O8S. The maximum absolute atomic E-state index is 11.6. The molecule has 3 rings (SSSR count). The Morgan fingerprint density at radius 1 is 1.00 bits per heavy atom. The van der Waals surface area contributed by atoms with Crippen molar-refractivity contribution < 1.29 is 33.1 Å². The lowest BCUT2D eigenvalue weighted by Crippen LogP contribution is -2.11. The van der Waals surface area contributed by atoms with Gasteiger partial charge in [0, 0.05) is 25.2 Å². The van der Waals surface area contributed by atoms with E-state index >= 15 is 0 Å². The molecule has 1 aliphatic heterocycles. The van der Waals surface area contributed by atoms with Crippen LogP contribution >= 0.6 is 0 Å². The van der Waals surface area contributed by atoms with Crippen LogP contribution in [0.5, 0.6) is 0 Å². The number of nitrogens with zero attached hydrogens (tertiary/aromatic N) is 2. The van der Waals surface area contributed by atoms with Crippen LogP contribution in [0.1, 0.15) is 26.3 Å². The first-order chi connectivity index (χ1) is 13.1. The smallest absolute Gasteiger partial charge is 0.335 e. The molecule has 1 fully saturated rings. The Morgan fingerprint density at radius 3 is 1.82 bits per heavy atom. The summed E-state index contributed by atoms with van der Waals surface area (Å²) in [4.78, 5) is 31.1. The zero-order valence-electron chi connectivity index (χ0n) is 14.6. The van der Waals surface area contributed by atoms with E-state index in [-0.39, 0.29) is 27.3 Å². The van der Waals surface area contributed by atoms with Crippen LogP contribution in [0.3, 0.4) is 0 Å². The van der Waals surface area contributed by atoms with Gasteiger partial charge in [-0.15, -0.1) is 0 Å². The highest BCUT2D eigenvalue weighted by molar-refractivity contribution is 7.89. The molecule has 1 heterocycles. The minimum atomic E-state index is -3.40. The predicted octanol–water partition coefficient (Wildman–Crippen LogP) is 1.99. The van der Waals surface area contributed by atoms with Crippen molar-refractivity contribution in [2.45, 2.75) is 11.8 Å². The van der Waals surface area contributed by atoms with Crippen LogP contribution in [-0.2, 0) is 10.0 Å². The molecule has 2 aromatic rings. The lowest BCUT2D eigenvalue weighted by molar-refractivity contribution is -0.384. The van der Waals surface area contributed by atoms with Gasteiger partial charge in [0.25, 0.3) is 5.69 Å². The first-order valence-electron chi connectivity index (χ1n) is 7.86. The van der Waals surface area contributed by atoms with Gasteiger partial charge in [-0.3, -0.25) is 10.1 Å². The fraction of sp³-hybridized carbons (Fsp3) is 0.176. The number of hydrogen-bond acceptors (Lipinski definition) is 6. The van der Waals surface area contributed by atoms with Gasteiger partial charge in [-0.25, -0.2) is 18.0 Å². The number of nitro benzene ring substituents is 1. The molecule has 0 atom stereocenters. The Kier molecular flexibility index (Phi) is 6.11. The lowest BCUT2D eigenvalue weighted by atomic mass is 10.0. The summed E-state index contributed by atoms with van der Waals surface area (Å²) in [6.07, 6.45) is 0. The molecule has 10 nitrogen and oxygen atoms in total. The summed E-state index contributed by atoms with van der Waals surface area (Å²) >= 11 is 0. The Labute approximate surface area is 159 Å². The number of carbonyl (C=O) groups is 2. The molecule has 11 heteroatoms. The van der Waals surface area contributed by atoms with Crippen molar-refractivity contribution in [3.63, 3.8) is 0 Å². The SMILES string of the molecule is Cc1c(C(=O)O)cccc1C(=O)O.O=[N+]([O-])c1ccc(S(=O)(=O)N2CC2)cc1. The molecule has 1 saturated heterocycles. The third-order valence-electron chi connectivity index (χ3n) is 3.89. The summed E-state index contributed by atoms with van der Waals surface area (Å²) in [5.74, 6) is -2.22. The molecule has 0 aliphatic carbocycles. The Bertz CT molecular complexity index is 995. The molecule has 0 amide bonds. The highest BCUT2D eigenvalue weighted by Gasteiger charge is 2.33. The number of carboxylic acid groups (broad SMARTS) is 2. The van der Waals surface area contributed by atoms with Crippen LogP contribution in [0, 0.1) is 17.0 Å². The summed E-state index contributed by atoms with van der Waals surface area (Å²) in [7, 11) is -3.40. The van der Waals surface area contributed by atoms with E-state index in [1.54, 1.807) is 0 Å². The molecule has 2 N–H and O–H groups in total. The maximum atomic E-state index is 11.6. The zero-order valence-corrected chi connectivity index (χ0v) is 15.4. The molecule has 1 aliphatic rings. The Hall–Kier alpha value is -3.31. The predicted molar refractivity (Wildman–Crippen MR) is 97.0 cm³/mol. The fourth-order valence-electron chi connectivity index (χ4n) is 2.27. The number of sulfonamides is 1. The van der Waals surface area contributed by atoms with E-state index in [2.05, 4.69) is 0 Å². The van der Waals surface area contributed by atoms with Crippen LogP contribution in [0.15, 0.2) is 47.4 Å². The molecule has 0 bridgehead atoms. The number of rotatable bonds is 5. The van der Waals surface area contributed by atoms with E-state index in [0.29, 0.717) is 13.1 Å². The van der Waals surface area contributed by atoms with Crippen LogP contribution in [0.2, 0.25) is 0 Å². The largest absolute Gasteiger partial charge is 0.478 e. The van der Waals surface area contributed by atoms with E-state index in [9.17, 15) is 28.1 Å². The van der Waals surface area contributed by atoms with Crippen molar-refractivity contribution in [3.05, 3.63) is 69.3 Å². The van der Waals surface area contributed by atoms with Crippen LogP contribution in [0.4, 0.5) is 5.69 Å². The van der Waals surface area contributed by atoms with Crippen molar-refractivity contribution in [1.29, 1.82) is 0 Å². The third-order valence-corrected chi connectivity index (χ3v) is 5.80. The number of benzene rings is 2. The first-order valence-corrected chi connectivity index (χ1v) is 9.30. The van der Waals surface area contributed by atoms with Crippen molar-refractivity contribution in [2.75, 3.05) is 13.1 Å². The number of nitro groups is 1. The second kappa shape index (κ2) is 8.15. The fourth-order valence-corrected chi connectivity index (χ4v) is 3.61. The Balaban J connectivity index is 0.000000203. The topological polar surface area (TPSA) is 155 Å². The monoisotopic (exact) mass is 408 g/mol. The van der Waals surface area contributed by atoms with Crippen molar-refractivity contribution in [3.8, 4) is 0 Å². The van der Waals surface area contributed by atoms with Gasteiger partial charge in [0.15, 0.2) is 0 Å². The van der Waals surface area contributed by atoms with Crippen LogP contribution in [-0.4, -0.2) is 52.9 Å². The molecule has 0 aromatic heterocycles. The van der Waals surface area contributed by atoms with E-state index in [0.717, 1.165) is 0 Å². The van der Waals surface area contributed by atoms with Gasteiger partial charge in [0.1, 0.15) is 0 Å². The maximum Gasteiger partial charge on any atom is 0.335 e. The average molecular weight is 408 g/mol. The molecule has 148 valence electrons. The summed E-state index contributed by atoms with van der Waals surface area (Å²) in [5.41, 5.74) is 0.224. The highest BCUT2D eigenvalue weighted by Crippen LogP contribution is 2.23. The van der Waals surface area contributed by atoms with Crippen molar-refractivity contribution in [2.24, 2.45) is 0 Å². The second-order valence-corrected chi connectivity index (χ2v) is 7.68. The third kappa shape index (κ3) is 4.69. The molecule has 0 spiro atoms. The van der Waals surface area contributed by atoms with E-state index in [1.165, 1.54) is 53.7 Å². The van der Waals surface area contributed by atoms with Gasteiger partial charge in [-0.2, -0.15) is 4.31 Å². The summed E-state index contributed by atoms with van der Waals surface area (Å²) in [6.45, 7) is 2.53. The molecule has 0 unspecified atom stereocenters. The van der Waals surface area contributed by atoms with Crippen LogP contribution in [0.25, 0.3) is 0 Å². The number of hydrogen-bond donors (Lipinski definition) is 2. The van der Waals surface area contributed by atoms with Crippen molar-refractivity contribution in [1.82, 2.24) is 4.31 Å². The number of non-ortho nitro benzene ring substituents is 1. The number of aromatic carboxylic acids is 2. The Morgan fingerprint density at radius 2 is 1.46 bits per heavy atom. The van der Waals surface area contributed by atoms with Gasteiger partial charge in [-0.05, 0) is 36.8 Å². The van der Waals surface area contributed by atoms with Gasteiger partial charge in [0.2, 0.25) is 10.0 Å². The van der Waals surface area contributed by atoms with E-state index in [1.807, 2.05) is 0 Å². The summed E-state index contributed by atoms with van der Waals surface area (Å²) in [6, 6.07) is 9.07. The van der Waals surface area contributed by atoms with Gasteiger partial charge in [-0.1, -0.05) is 6.07 Å². The minimum absolute atomic E-state index is 0.0277. The zero-order chi connectivity index (χ0) is 21.1. The van der Waals surface area contributed by atoms with Gasteiger partial charge >= 0.3 is 11.9 Å². The second-order valence-electron chi connectivity index (χ2n) is 5.74. The minimum Gasteiger partial charge on any atom is -0.478 e. The van der Waals surface area contributed by atoms with Crippen LogP contribution < -0.4 is 0 Å². The molecule has 0 saturated carbocycles. The quantitative estimate of drug-likeness (QED) is 0.432. The normalized spacial score (nSPS) is 13.2. The average Bonchev–Trinajstić information content (AvgIpc) is 3.47. The van der Waals surface area contributed by atoms with Gasteiger partial charge in [0.05, 0.1) is 20.9 Å². The standard InChI is InChI=1S/C9H8O4.C8H8N2O4S/c1-5-6(8(10)11)3-2-4-7(5)9(12)13;11-10(12)7-1-3-8(4-2-7)15(13,14)9-5-6-9/h2-4H,1H3,(H,10,11)(H,12,13);1-4H,5-6H2. The highest BCUT2D eigenvalue weighted by atomic mass is 32.2. The molecular weight excluding hydrogens is 392 g/mol.